The molecule has 7 heteroatoms. The summed E-state index contributed by atoms with van der Waals surface area (Å²) in [6.45, 7) is 5.93. The summed E-state index contributed by atoms with van der Waals surface area (Å²) in [7, 11) is 6.21. The lowest BCUT2D eigenvalue weighted by Crippen LogP contribution is -2.44. The fourth-order valence-electron chi connectivity index (χ4n) is 3.27. The van der Waals surface area contributed by atoms with Crippen LogP contribution in [0.25, 0.3) is 0 Å². The standard InChI is InChI=1S/C22H32N6O/c1-26(2)12-4-11-23-22(29)18-5-10-21(24-17-18)25-19-6-8-20(9-7-19)28-15-13-27(3)14-16-28/h5-10,17H,4,11-16H2,1-3H3,(H,23,29)(H,24,25). The maximum Gasteiger partial charge on any atom is 0.252 e. The van der Waals surface area contributed by atoms with Gasteiger partial charge in [-0.25, -0.2) is 4.98 Å². The highest BCUT2D eigenvalue weighted by Crippen LogP contribution is 2.21. The summed E-state index contributed by atoms with van der Waals surface area (Å²) in [5, 5.41) is 6.23. The highest BCUT2D eigenvalue weighted by Gasteiger charge is 2.14. The third kappa shape index (κ3) is 6.44. The molecule has 2 heterocycles. The molecule has 156 valence electrons. The number of hydrogen-bond acceptors (Lipinski definition) is 6. The molecule has 29 heavy (non-hydrogen) atoms. The molecule has 0 unspecified atom stereocenters. The Balaban J connectivity index is 1.49. The van der Waals surface area contributed by atoms with Gasteiger partial charge in [0.05, 0.1) is 5.56 Å². The average Bonchev–Trinajstić information content (AvgIpc) is 2.73. The van der Waals surface area contributed by atoms with Gasteiger partial charge in [0.2, 0.25) is 0 Å². The summed E-state index contributed by atoms with van der Waals surface area (Å²) >= 11 is 0. The summed E-state index contributed by atoms with van der Waals surface area (Å²) in [4.78, 5) is 23.4. The Hall–Kier alpha value is -2.64. The molecule has 2 N–H and O–H groups in total. The summed E-state index contributed by atoms with van der Waals surface area (Å²) < 4.78 is 0. The zero-order valence-electron chi connectivity index (χ0n) is 17.7. The topological polar surface area (TPSA) is 63.7 Å². The molecule has 2 aromatic rings. The molecule has 0 bridgehead atoms. The summed E-state index contributed by atoms with van der Waals surface area (Å²) in [5.74, 6) is 0.640. The summed E-state index contributed by atoms with van der Waals surface area (Å²) in [5.41, 5.74) is 2.81. The Morgan fingerprint density at radius 1 is 1.07 bits per heavy atom. The van der Waals surface area contributed by atoms with E-state index in [9.17, 15) is 4.79 Å². The van der Waals surface area contributed by atoms with Crippen LogP contribution in [0.2, 0.25) is 0 Å². The Labute approximate surface area is 173 Å². The second kappa shape index (κ2) is 10.2. The Bertz CT molecular complexity index is 767. The van der Waals surface area contributed by atoms with Gasteiger partial charge in [-0.05, 0) is 70.5 Å². The third-order valence-electron chi connectivity index (χ3n) is 5.10. The lowest BCUT2D eigenvalue weighted by Gasteiger charge is -2.34. The Kier molecular flexibility index (Phi) is 7.43. The zero-order chi connectivity index (χ0) is 20.6. The lowest BCUT2D eigenvalue weighted by molar-refractivity contribution is 0.0952. The highest BCUT2D eigenvalue weighted by molar-refractivity contribution is 5.94. The highest BCUT2D eigenvalue weighted by atomic mass is 16.1. The number of nitrogens with zero attached hydrogens (tertiary/aromatic N) is 4. The van der Waals surface area contributed by atoms with Gasteiger partial charge < -0.3 is 25.3 Å². The monoisotopic (exact) mass is 396 g/mol. The molecule has 1 aromatic carbocycles. The molecule has 0 saturated carbocycles. The quantitative estimate of drug-likeness (QED) is 0.668. The molecule has 0 radical (unpaired) electrons. The summed E-state index contributed by atoms with van der Waals surface area (Å²) in [6.07, 6.45) is 2.54. The van der Waals surface area contributed by atoms with E-state index >= 15 is 0 Å². The number of pyridine rings is 1. The minimum atomic E-state index is -0.0839. The van der Waals surface area contributed by atoms with Crippen molar-refractivity contribution >= 4 is 23.1 Å². The number of carbonyl (C=O) groups excluding carboxylic acids is 1. The predicted molar refractivity (Wildman–Crippen MR) is 119 cm³/mol. The number of rotatable bonds is 8. The van der Waals surface area contributed by atoms with Crippen molar-refractivity contribution in [2.45, 2.75) is 6.42 Å². The Morgan fingerprint density at radius 2 is 1.79 bits per heavy atom. The Morgan fingerprint density at radius 3 is 2.41 bits per heavy atom. The van der Waals surface area contributed by atoms with Crippen molar-refractivity contribution in [3.63, 3.8) is 0 Å². The first-order valence-corrected chi connectivity index (χ1v) is 10.2. The van der Waals surface area contributed by atoms with Crippen molar-refractivity contribution in [2.75, 3.05) is 70.6 Å². The van der Waals surface area contributed by atoms with Gasteiger partial charge in [0, 0.05) is 50.3 Å². The van der Waals surface area contributed by atoms with E-state index in [0.29, 0.717) is 12.1 Å². The second-order valence-corrected chi connectivity index (χ2v) is 7.81. The van der Waals surface area contributed by atoms with E-state index in [-0.39, 0.29) is 5.91 Å². The number of piperazine rings is 1. The number of anilines is 3. The number of nitrogens with one attached hydrogen (secondary N) is 2. The van der Waals surface area contributed by atoms with E-state index in [0.717, 1.165) is 50.6 Å². The van der Waals surface area contributed by atoms with Crippen LogP contribution in [-0.2, 0) is 0 Å². The van der Waals surface area contributed by atoms with Crippen LogP contribution in [0.15, 0.2) is 42.6 Å². The smallest absolute Gasteiger partial charge is 0.252 e. The van der Waals surface area contributed by atoms with Crippen molar-refractivity contribution in [2.24, 2.45) is 0 Å². The molecule has 1 saturated heterocycles. The maximum atomic E-state index is 12.2. The van der Waals surface area contributed by atoms with E-state index < -0.39 is 0 Å². The molecule has 1 aromatic heterocycles. The molecular weight excluding hydrogens is 364 g/mol. The van der Waals surface area contributed by atoms with Crippen LogP contribution in [0, 0.1) is 0 Å². The van der Waals surface area contributed by atoms with Gasteiger partial charge in [0.15, 0.2) is 0 Å². The van der Waals surface area contributed by atoms with E-state index in [1.165, 1.54) is 5.69 Å². The first-order valence-electron chi connectivity index (χ1n) is 10.2. The SMILES string of the molecule is CN(C)CCCNC(=O)c1ccc(Nc2ccc(N3CCN(C)CC3)cc2)nc1. The molecule has 0 spiro atoms. The van der Waals surface area contributed by atoms with Crippen LogP contribution in [0.1, 0.15) is 16.8 Å². The molecular formula is C22H32N6O. The van der Waals surface area contributed by atoms with Crippen molar-refractivity contribution in [1.82, 2.24) is 20.1 Å². The van der Waals surface area contributed by atoms with E-state index in [1.807, 2.05) is 20.2 Å². The van der Waals surface area contributed by atoms with Crippen LogP contribution < -0.4 is 15.5 Å². The van der Waals surface area contributed by atoms with Crippen LogP contribution in [0.5, 0.6) is 0 Å². The first-order chi connectivity index (χ1) is 14.0. The fourth-order valence-corrected chi connectivity index (χ4v) is 3.27. The van der Waals surface area contributed by atoms with Crippen molar-refractivity contribution in [1.29, 1.82) is 0 Å². The van der Waals surface area contributed by atoms with Crippen LogP contribution in [0.3, 0.4) is 0 Å². The van der Waals surface area contributed by atoms with Gasteiger partial charge in [0.25, 0.3) is 5.91 Å². The number of aromatic nitrogens is 1. The van der Waals surface area contributed by atoms with Crippen LogP contribution in [0.4, 0.5) is 17.2 Å². The van der Waals surface area contributed by atoms with Gasteiger partial charge in [-0.15, -0.1) is 0 Å². The predicted octanol–water partition coefficient (Wildman–Crippen LogP) is 2.26. The number of amides is 1. The molecule has 0 aliphatic carbocycles. The van der Waals surface area contributed by atoms with Crippen molar-refractivity contribution in [3.8, 4) is 0 Å². The number of carbonyl (C=O) groups is 1. The van der Waals surface area contributed by atoms with Gasteiger partial charge >= 0.3 is 0 Å². The molecule has 1 aliphatic rings. The lowest BCUT2D eigenvalue weighted by atomic mass is 10.2. The normalized spacial score (nSPS) is 14.8. The largest absolute Gasteiger partial charge is 0.369 e. The average molecular weight is 397 g/mol. The zero-order valence-corrected chi connectivity index (χ0v) is 17.7. The van der Waals surface area contributed by atoms with Crippen molar-refractivity contribution < 1.29 is 4.79 Å². The van der Waals surface area contributed by atoms with Gasteiger partial charge in [-0.3, -0.25) is 4.79 Å². The van der Waals surface area contributed by atoms with Crippen LogP contribution in [-0.4, -0.2) is 81.1 Å². The molecule has 0 atom stereocenters. The fraction of sp³-hybridized carbons (Fsp3) is 0.455. The molecule has 3 rings (SSSR count). The van der Waals surface area contributed by atoms with E-state index in [4.69, 9.17) is 0 Å². The minimum absolute atomic E-state index is 0.0839. The third-order valence-corrected chi connectivity index (χ3v) is 5.10. The first kappa shape index (κ1) is 21.1. The van der Waals surface area contributed by atoms with E-state index in [1.54, 1.807) is 12.3 Å². The van der Waals surface area contributed by atoms with Gasteiger partial charge in [0.1, 0.15) is 5.82 Å². The summed E-state index contributed by atoms with van der Waals surface area (Å²) in [6, 6.07) is 12.1. The maximum absolute atomic E-state index is 12.2. The number of likely N-dealkylation sites (N-methyl/N-ethyl adjacent to an activating group) is 1. The minimum Gasteiger partial charge on any atom is -0.369 e. The molecule has 1 amide bonds. The second-order valence-electron chi connectivity index (χ2n) is 7.81. The van der Waals surface area contributed by atoms with E-state index in [2.05, 4.69) is 61.6 Å². The van der Waals surface area contributed by atoms with Gasteiger partial charge in [-0.2, -0.15) is 0 Å². The van der Waals surface area contributed by atoms with Crippen LogP contribution >= 0.6 is 0 Å². The number of hydrogen-bond donors (Lipinski definition) is 2. The molecule has 1 aliphatic heterocycles. The van der Waals surface area contributed by atoms with Crippen molar-refractivity contribution in [3.05, 3.63) is 48.2 Å². The molecule has 7 nitrogen and oxygen atoms in total. The molecule has 1 fully saturated rings. The van der Waals surface area contributed by atoms with Gasteiger partial charge in [-0.1, -0.05) is 0 Å². The number of benzene rings is 1.